The largest absolute Gasteiger partial charge is 0.399 e. The van der Waals surface area contributed by atoms with Crippen molar-refractivity contribution >= 4 is 22.7 Å². The van der Waals surface area contributed by atoms with Crippen LogP contribution >= 0.6 is 0 Å². The number of nitrogens with zero attached hydrogens (tertiary/aromatic N) is 2. The maximum atomic E-state index is 5.68. The van der Waals surface area contributed by atoms with Gasteiger partial charge in [0.05, 0.1) is 11.0 Å². The van der Waals surface area contributed by atoms with E-state index in [0.29, 0.717) is 0 Å². The van der Waals surface area contributed by atoms with Crippen LogP contribution in [0.4, 0.5) is 11.6 Å². The maximum absolute atomic E-state index is 5.68. The minimum absolute atomic E-state index is 0.762. The van der Waals surface area contributed by atoms with Crippen molar-refractivity contribution < 1.29 is 0 Å². The van der Waals surface area contributed by atoms with E-state index >= 15 is 0 Å². The molecule has 5 nitrogen and oxygen atoms in total. The third kappa shape index (κ3) is 4.13. The molecule has 0 spiro atoms. The summed E-state index contributed by atoms with van der Waals surface area (Å²) >= 11 is 0. The molecule has 0 atom stereocenters. The van der Waals surface area contributed by atoms with Crippen LogP contribution in [0.15, 0.2) is 18.2 Å². The Morgan fingerprint density at radius 3 is 2.40 bits per heavy atom. The molecule has 1 saturated heterocycles. The third-order valence-corrected chi connectivity index (χ3v) is 3.09. The van der Waals surface area contributed by atoms with Crippen molar-refractivity contribution in [2.45, 2.75) is 26.7 Å². The topological polar surface area (TPSA) is 67.9 Å². The number of aryl methyl sites for hydroxylation is 1. The number of hydrogen-bond donors (Lipinski definition) is 3. The first-order chi connectivity index (χ1) is 9.72. The minimum Gasteiger partial charge on any atom is -0.399 e. The van der Waals surface area contributed by atoms with Gasteiger partial charge < -0.3 is 20.9 Å². The fraction of sp³-hybridized carbons (Fsp3) is 0.533. The van der Waals surface area contributed by atoms with E-state index < -0.39 is 0 Å². The van der Waals surface area contributed by atoms with Gasteiger partial charge in [-0.2, -0.15) is 0 Å². The Kier molecular flexibility index (Phi) is 6.87. The normalized spacial score (nSPS) is 13.2. The summed E-state index contributed by atoms with van der Waals surface area (Å²) in [6, 6.07) is 5.70. The highest BCUT2D eigenvalue weighted by atomic mass is 15.2. The quantitative estimate of drug-likeness (QED) is 0.701. The molecule has 1 aliphatic rings. The Morgan fingerprint density at radius 1 is 1.25 bits per heavy atom. The highest BCUT2D eigenvalue weighted by molar-refractivity contribution is 5.81. The predicted octanol–water partition coefficient (Wildman–Crippen LogP) is 2.59. The first kappa shape index (κ1) is 16.3. The number of imidazole rings is 1. The molecule has 3 rings (SSSR count). The molecule has 0 unspecified atom stereocenters. The summed E-state index contributed by atoms with van der Waals surface area (Å²) in [7, 11) is 3.81. The molecule has 5 heteroatoms. The van der Waals surface area contributed by atoms with Gasteiger partial charge in [0.2, 0.25) is 5.95 Å². The van der Waals surface area contributed by atoms with Gasteiger partial charge in [-0.1, -0.05) is 13.8 Å². The monoisotopic (exact) mass is 277 g/mol. The number of nitrogen functional groups attached to an aromatic ring is 1. The first-order valence-corrected chi connectivity index (χ1v) is 7.33. The van der Waals surface area contributed by atoms with Crippen LogP contribution in [0.25, 0.3) is 11.0 Å². The van der Waals surface area contributed by atoms with Crippen LogP contribution in [-0.4, -0.2) is 29.7 Å². The summed E-state index contributed by atoms with van der Waals surface area (Å²) in [5.74, 6) is 0.848. The molecule has 0 amide bonds. The van der Waals surface area contributed by atoms with Gasteiger partial charge in [-0.3, -0.25) is 0 Å². The lowest BCUT2D eigenvalue weighted by Gasteiger charge is -1.99. The lowest BCUT2D eigenvalue weighted by atomic mass is 10.3. The molecule has 4 N–H and O–H groups in total. The highest BCUT2D eigenvalue weighted by Crippen LogP contribution is 2.19. The van der Waals surface area contributed by atoms with Crippen LogP contribution in [0.1, 0.15) is 26.7 Å². The van der Waals surface area contributed by atoms with E-state index in [2.05, 4.69) is 15.6 Å². The summed E-state index contributed by atoms with van der Waals surface area (Å²) in [6.45, 7) is 6.50. The first-order valence-electron chi connectivity index (χ1n) is 7.33. The molecular weight excluding hydrogens is 250 g/mol. The van der Waals surface area contributed by atoms with Gasteiger partial charge in [-0.25, -0.2) is 4.98 Å². The van der Waals surface area contributed by atoms with E-state index in [1.807, 2.05) is 50.7 Å². The van der Waals surface area contributed by atoms with E-state index in [0.717, 1.165) is 22.7 Å². The SMILES string of the molecule is C1CCNC1.CC.CNc1nc2ccc(N)cc2n1C. The van der Waals surface area contributed by atoms with Crippen LogP contribution in [-0.2, 0) is 7.05 Å². The Morgan fingerprint density at radius 2 is 1.90 bits per heavy atom. The van der Waals surface area contributed by atoms with Crippen LogP contribution in [0.2, 0.25) is 0 Å². The third-order valence-electron chi connectivity index (χ3n) is 3.09. The van der Waals surface area contributed by atoms with Crippen LogP contribution in [0.3, 0.4) is 0 Å². The lowest BCUT2D eigenvalue weighted by molar-refractivity contribution is 0.857. The number of benzene rings is 1. The zero-order valence-corrected chi connectivity index (χ0v) is 13.0. The van der Waals surface area contributed by atoms with Crippen molar-refractivity contribution in [2.75, 3.05) is 31.2 Å². The highest BCUT2D eigenvalue weighted by Gasteiger charge is 2.05. The van der Waals surface area contributed by atoms with E-state index in [9.17, 15) is 0 Å². The average molecular weight is 277 g/mol. The average Bonchev–Trinajstić information content (AvgIpc) is 3.14. The Bertz CT molecular complexity index is 507. The molecular formula is C15H27N5. The second-order valence-corrected chi connectivity index (χ2v) is 4.45. The molecule has 2 heterocycles. The predicted molar refractivity (Wildman–Crippen MR) is 88.1 cm³/mol. The van der Waals surface area contributed by atoms with E-state index in [1.54, 1.807) is 0 Å². The molecule has 1 aromatic carbocycles. The number of fused-ring (bicyclic) bond motifs is 1. The molecule has 1 aromatic heterocycles. The number of hydrogen-bond acceptors (Lipinski definition) is 4. The number of nitrogens with two attached hydrogens (primary N) is 1. The maximum Gasteiger partial charge on any atom is 0.203 e. The van der Waals surface area contributed by atoms with Crippen molar-refractivity contribution in [2.24, 2.45) is 7.05 Å². The van der Waals surface area contributed by atoms with Crippen molar-refractivity contribution in [3.05, 3.63) is 18.2 Å². The molecule has 0 bridgehead atoms. The van der Waals surface area contributed by atoms with Crippen molar-refractivity contribution in [1.29, 1.82) is 0 Å². The summed E-state index contributed by atoms with van der Waals surface area (Å²) in [4.78, 5) is 4.37. The van der Waals surface area contributed by atoms with Gasteiger partial charge in [0.1, 0.15) is 0 Å². The molecule has 0 saturated carbocycles. The second-order valence-electron chi connectivity index (χ2n) is 4.45. The summed E-state index contributed by atoms with van der Waals surface area (Å²) in [6.07, 6.45) is 2.78. The number of nitrogens with one attached hydrogen (secondary N) is 2. The van der Waals surface area contributed by atoms with Gasteiger partial charge >= 0.3 is 0 Å². The number of rotatable bonds is 1. The van der Waals surface area contributed by atoms with Gasteiger partial charge in [0.25, 0.3) is 0 Å². The van der Waals surface area contributed by atoms with E-state index in [4.69, 9.17) is 5.73 Å². The summed E-state index contributed by atoms with van der Waals surface area (Å²) < 4.78 is 1.98. The molecule has 0 aliphatic carbocycles. The zero-order valence-electron chi connectivity index (χ0n) is 13.0. The standard InChI is InChI=1S/C9H12N4.C4H9N.C2H6/c1-11-9-12-7-4-3-6(10)5-8(7)13(9)2;1-2-4-5-3-1;1-2/h3-5H,10H2,1-2H3,(H,11,12);5H,1-4H2;1-2H3. The van der Waals surface area contributed by atoms with E-state index in [1.165, 1.54) is 25.9 Å². The molecule has 1 aliphatic heterocycles. The van der Waals surface area contributed by atoms with Gasteiger partial charge in [-0.05, 0) is 44.1 Å². The lowest BCUT2D eigenvalue weighted by Crippen LogP contribution is -2.03. The zero-order chi connectivity index (χ0) is 15.0. The number of aromatic nitrogens is 2. The Balaban J connectivity index is 0.000000239. The molecule has 1 fully saturated rings. The smallest absolute Gasteiger partial charge is 0.203 e. The summed E-state index contributed by atoms with van der Waals surface area (Å²) in [5, 5.41) is 6.24. The second kappa shape index (κ2) is 8.43. The molecule has 20 heavy (non-hydrogen) atoms. The van der Waals surface area contributed by atoms with Crippen LogP contribution < -0.4 is 16.4 Å². The van der Waals surface area contributed by atoms with Gasteiger partial charge in [-0.15, -0.1) is 0 Å². The van der Waals surface area contributed by atoms with Crippen molar-refractivity contribution in [3.63, 3.8) is 0 Å². The minimum atomic E-state index is 0.762. The van der Waals surface area contributed by atoms with Crippen molar-refractivity contribution in [3.8, 4) is 0 Å². The van der Waals surface area contributed by atoms with E-state index in [-0.39, 0.29) is 0 Å². The van der Waals surface area contributed by atoms with Crippen molar-refractivity contribution in [1.82, 2.24) is 14.9 Å². The fourth-order valence-corrected chi connectivity index (χ4v) is 2.06. The van der Waals surface area contributed by atoms with Gasteiger partial charge in [0, 0.05) is 19.8 Å². The molecule has 0 radical (unpaired) electrons. The Hall–Kier alpha value is -1.75. The molecule has 112 valence electrons. The van der Waals surface area contributed by atoms with Crippen LogP contribution in [0, 0.1) is 0 Å². The number of anilines is 2. The Labute approximate surface area is 121 Å². The fourth-order valence-electron chi connectivity index (χ4n) is 2.06. The molecule has 2 aromatic rings. The summed E-state index contributed by atoms with van der Waals surface area (Å²) in [5.41, 5.74) is 8.45. The van der Waals surface area contributed by atoms with Crippen LogP contribution in [0.5, 0.6) is 0 Å². The van der Waals surface area contributed by atoms with Gasteiger partial charge in [0.15, 0.2) is 0 Å².